The van der Waals surface area contributed by atoms with Gasteiger partial charge in [0, 0.05) is 22.5 Å². The molecule has 1 N–H and O–H groups in total. The van der Waals surface area contributed by atoms with Crippen LogP contribution in [0.4, 0.5) is 11.4 Å². The van der Waals surface area contributed by atoms with Crippen molar-refractivity contribution in [1.29, 1.82) is 0 Å². The standard InChI is InChI=1S/C38H27N/c1-3-13-29(14-4-1)33-25-26-36(39-30-19-5-2-6-20-30)38(35-24-12-18-28-16-8-10-22-32(28)35)37(33)34-23-11-17-27-15-7-9-21-31(27)34/h1-26,39H. The molecule has 7 aromatic rings. The molecule has 1 heteroatoms. The number of nitrogens with one attached hydrogen (secondary N) is 1. The molecule has 0 radical (unpaired) electrons. The van der Waals surface area contributed by atoms with Gasteiger partial charge in [-0.2, -0.15) is 0 Å². The van der Waals surface area contributed by atoms with Gasteiger partial charge in [-0.05, 0) is 62.0 Å². The lowest BCUT2D eigenvalue weighted by atomic mass is 9.83. The van der Waals surface area contributed by atoms with Gasteiger partial charge in [0.1, 0.15) is 0 Å². The molecule has 184 valence electrons. The summed E-state index contributed by atoms with van der Waals surface area (Å²) in [6.45, 7) is 0. The van der Waals surface area contributed by atoms with Crippen LogP contribution >= 0.6 is 0 Å². The predicted molar refractivity (Wildman–Crippen MR) is 167 cm³/mol. The van der Waals surface area contributed by atoms with Crippen molar-refractivity contribution in [3.63, 3.8) is 0 Å². The highest BCUT2D eigenvalue weighted by molar-refractivity contribution is 6.12. The Labute approximate surface area is 229 Å². The fraction of sp³-hybridized carbons (Fsp3) is 0. The summed E-state index contributed by atoms with van der Waals surface area (Å²) < 4.78 is 0. The van der Waals surface area contributed by atoms with Crippen molar-refractivity contribution in [3.8, 4) is 33.4 Å². The van der Waals surface area contributed by atoms with Crippen LogP contribution in [0.15, 0.2) is 158 Å². The molecule has 1 nitrogen and oxygen atoms in total. The summed E-state index contributed by atoms with van der Waals surface area (Å²) in [7, 11) is 0. The maximum atomic E-state index is 3.77. The molecule has 0 aliphatic carbocycles. The molecule has 0 aliphatic heterocycles. The molecule has 0 amide bonds. The first kappa shape index (κ1) is 23.0. The molecule has 0 saturated heterocycles. The second-order valence-electron chi connectivity index (χ2n) is 9.82. The van der Waals surface area contributed by atoms with Gasteiger partial charge in [-0.3, -0.25) is 0 Å². The highest BCUT2D eigenvalue weighted by Gasteiger charge is 2.21. The molecule has 39 heavy (non-hydrogen) atoms. The van der Waals surface area contributed by atoms with E-state index >= 15 is 0 Å². The maximum Gasteiger partial charge on any atom is 0.0470 e. The van der Waals surface area contributed by atoms with Crippen LogP contribution in [0.3, 0.4) is 0 Å². The molecular weight excluding hydrogens is 470 g/mol. The summed E-state index contributed by atoms with van der Waals surface area (Å²) >= 11 is 0. The van der Waals surface area contributed by atoms with Crippen molar-refractivity contribution >= 4 is 32.9 Å². The van der Waals surface area contributed by atoms with Crippen molar-refractivity contribution in [2.24, 2.45) is 0 Å². The zero-order valence-electron chi connectivity index (χ0n) is 21.5. The molecule has 0 bridgehead atoms. The van der Waals surface area contributed by atoms with Crippen LogP contribution in [0.2, 0.25) is 0 Å². The van der Waals surface area contributed by atoms with E-state index in [0.717, 1.165) is 11.4 Å². The second-order valence-corrected chi connectivity index (χ2v) is 9.82. The Bertz CT molecular complexity index is 1910. The molecule has 0 unspecified atom stereocenters. The first-order chi connectivity index (χ1) is 19.4. The highest BCUT2D eigenvalue weighted by atomic mass is 14.9. The molecule has 0 aromatic heterocycles. The van der Waals surface area contributed by atoms with Crippen molar-refractivity contribution in [3.05, 3.63) is 158 Å². The van der Waals surface area contributed by atoms with E-state index in [9.17, 15) is 0 Å². The lowest BCUT2D eigenvalue weighted by Crippen LogP contribution is -1.99. The Balaban J connectivity index is 1.64. The van der Waals surface area contributed by atoms with Crippen LogP contribution in [-0.2, 0) is 0 Å². The van der Waals surface area contributed by atoms with Crippen LogP contribution < -0.4 is 5.32 Å². The smallest absolute Gasteiger partial charge is 0.0470 e. The summed E-state index contributed by atoms with van der Waals surface area (Å²) in [6, 6.07) is 56.3. The summed E-state index contributed by atoms with van der Waals surface area (Å²) in [5.74, 6) is 0. The molecule has 0 fully saturated rings. The zero-order valence-corrected chi connectivity index (χ0v) is 21.5. The predicted octanol–water partition coefficient (Wildman–Crippen LogP) is 10.7. The van der Waals surface area contributed by atoms with Crippen LogP contribution in [-0.4, -0.2) is 0 Å². The van der Waals surface area contributed by atoms with Gasteiger partial charge in [0.15, 0.2) is 0 Å². The molecule has 0 aliphatic rings. The molecule has 0 saturated carbocycles. The summed E-state index contributed by atoms with van der Waals surface area (Å²) in [4.78, 5) is 0. The van der Waals surface area contributed by atoms with Gasteiger partial charge in [0.2, 0.25) is 0 Å². The Hall–Kier alpha value is -5.14. The number of hydrogen-bond donors (Lipinski definition) is 1. The number of para-hydroxylation sites is 1. The maximum absolute atomic E-state index is 3.77. The number of fused-ring (bicyclic) bond motifs is 2. The number of rotatable bonds is 5. The van der Waals surface area contributed by atoms with E-state index in [1.165, 1.54) is 54.9 Å². The SMILES string of the molecule is c1ccc(Nc2ccc(-c3ccccc3)c(-c3cccc4ccccc34)c2-c2cccc3ccccc23)cc1. The Morgan fingerprint density at radius 2 is 0.846 bits per heavy atom. The lowest BCUT2D eigenvalue weighted by molar-refractivity contribution is 1.52. The number of benzene rings is 7. The minimum Gasteiger partial charge on any atom is -0.355 e. The van der Waals surface area contributed by atoms with Gasteiger partial charge in [-0.1, -0.05) is 140 Å². The summed E-state index contributed by atoms with van der Waals surface area (Å²) in [5.41, 5.74) is 9.44. The van der Waals surface area contributed by atoms with Crippen molar-refractivity contribution in [2.75, 3.05) is 5.32 Å². The van der Waals surface area contributed by atoms with Gasteiger partial charge >= 0.3 is 0 Å². The average molecular weight is 498 g/mol. The van der Waals surface area contributed by atoms with Crippen LogP contribution in [0.25, 0.3) is 54.9 Å². The fourth-order valence-corrected chi connectivity index (χ4v) is 5.69. The van der Waals surface area contributed by atoms with E-state index in [0.29, 0.717) is 0 Å². The third kappa shape index (κ3) is 4.24. The molecule has 0 spiro atoms. The largest absolute Gasteiger partial charge is 0.355 e. The Morgan fingerprint density at radius 1 is 0.333 bits per heavy atom. The third-order valence-corrected chi connectivity index (χ3v) is 7.46. The van der Waals surface area contributed by atoms with E-state index < -0.39 is 0 Å². The monoisotopic (exact) mass is 497 g/mol. The molecule has 0 atom stereocenters. The average Bonchev–Trinajstić information content (AvgIpc) is 3.01. The van der Waals surface area contributed by atoms with Crippen molar-refractivity contribution in [1.82, 2.24) is 0 Å². The van der Waals surface area contributed by atoms with E-state index in [-0.39, 0.29) is 0 Å². The highest BCUT2D eigenvalue weighted by Crippen LogP contribution is 2.48. The van der Waals surface area contributed by atoms with Gasteiger partial charge in [-0.15, -0.1) is 0 Å². The minimum atomic E-state index is 1.07. The van der Waals surface area contributed by atoms with Gasteiger partial charge in [0.05, 0.1) is 0 Å². The quantitative estimate of drug-likeness (QED) is 0.249. The number of anilines is 2. The molecule has 7 aromatic carbocycles. The van der Waals surface area contributed by atoms with E-state index in [2.05, 4.69) is 163 Å². The topological polar surface area (TPSA) is 12.0 Å². The Kier molecular flexibility index (Phi) is 5.88. The second kappa shape index (κ2) is 9.96. The summed E-state index contributed by atoms with van der Waals surface area (Å²) in [5, 5.41) is 8.72. The molecule has 7 rings (SSSR count). The summed E-state index contributed by atoms with van der Waals surface area (Å²) in [6.07, 6.45) is 0. The van der Waals surface area contributed by atoms with E-state index in [1.807, 2.05) is 0 Å². The Morgan fingerprint density at radius 3 is 1.49 bits per heavy atom. The van der Waals surface area contributed by atoms with Gasteiger partial charge < -0.3 is 5.32 Å². The first-order valence-corrected chi connectivity index (χ1v) is 13.4. The van der Waals surface area contributed by atoms with Gasteiger partial charge in [0.25, 0.3) is 0 Å². The third-order valence-electron chi connectivity index (χ3n) is 7.46. The lowest BCUT2D eigenvalue weighted by Gasteiger charge is -2.23. The van der Waals surface area contributed by atoms with E-state index in [1.54, 1.807) is 0 Å². The van der Waals surface area contributed by atoms with Crippen molar-refractivity contribution < 1.29 is 0 Å². The fourth-order valence-electron chi connectivity index (χ4n) is 5.69. The van der Waals surface area contributed by atoms with Gasteiger partial charge in [-0.25, -0.2) is 0 Å². The normalized spacial score (nSPS) is 11.1. The number of hydrogen-bond acceptors (Lipinski definition) is 1. The van der Waals surface area contributed by atoms with E-state index in [4.69, 9.17) is 0 Å². The van der Waals surface area contributed by atoms with Crippen LogP contribution in [0.1, 0.15) is 0 Å². The van der Waals surface area contributed by atoms with Crippen LogP contribution in [0, 0.1) is 0 Å². The minimum absolute atomic E-state index is 1.07. The van der Waals surface area contributed by atoms with Crippen LogP contribution in [0.5, 0.6) is 0 Å². The zero-order chi connectivity index (χ0) is 26.0. The molecule has 0 heterocycles. The molecular formula is C38H27N. The van der Waals surface area contributed by atoms with Crippen molar-refractivity contribution in [2.45, 2.75) is 0 Å². The first-order valence-electron chi connectivity index (χ1n) is 13.4.